The Hall–Kier alpha value is -3.41. The predicted octanol–water partition coefficient (Wildman–Crippen LogP) is 4.05. The van der Waals surface area contributed by atoms with Gasteiger partial charge in [0.2, 0.25) is 0 Å². The van der Waals surface area contributed by atoms with Crippen molar-refractivity contribution in [2.75, 3.05) is 11.9 Å². The van der Waals surface area contributed by atoms with Crippen LogP contribution in [0.25, 0.3) is 21.9 Å². The molecule has 6 nitrogen and oxygen atoms in total. The maximum absolute atomic E-state index is 11.7. The van der Waals surface area contributed by atoms with Crippen LogP contribution in [0.15, 0.2) is 48.7 Å². The maximum atomic E-state index is 11.7. The second-order valence-corrected chi connectivity index (χ2v) is 5.92. The van der Waals surface area contributed by atoms with Crippen LogP contribution in [-0.4, -0.2) is 28.6 Å². The average molecular weight is 349 g/mol. The number of aromatic carboxylic acids is 1. The van der Waals surface area contributed by atoms with Crippen molar-refractivity contribution in [3.63, 3.8) is 0 Å². The summed E-state index contributed by atoms with van der Waals surface area (Å²) in [6.45, 7) is 4.31. The van der Waals surface area contributed by atoms with E-state index in [-0.39, 0.29) is 11.6 Å². The Kier molecular flexibility index (Phi) is 4.84. The van der Waals surface area contributed by atoms with E-state index in [9.17, 15) is 14.7 Å². The van der Waals surface area contributed by atoms with Crippen LogP contribution in [0.5, 0.6) is 0 Å². The zero-order valence-corrected chi connectivity index (χ0v) is 14.5. The number of hydrogen-bond acceptors (Lipinski definition) is 3. The smallest absolute Gasteiger partial charge is 0.336 e. The van der Waals surface area contributed by atoms with E-state index in [2.05, 4.69) is 15.6 Å². The van der Waals surface area contributed by atoms with Crippen molar-refractivity contribution in [3.8, 4) is 11.1 Å². The molecule has 0 atom stereocenters. The number of carboxylic acid groups (broad SMARTS) is 1. The van der Waals surface area contributed by atoms with E-state index in [4.69, 9.17) is 0 Å². The minimum absolute atomic E-state index is 0.251. The van der Waals surface area contributed by atoms with Crippen LogP contribution in [0.1, 0.15) is 22.8 Å². The molecule has 2 amide bonds. The molecule has 1 aromatic heterocycles. The van der Waals surface area contributed by atoms with E-state index >= 15 is 0 Å². The molecule has 0 saturated carbocycles. The van der Waals surface area contributed by atoms with Crippen molar-refractivity contribution >= 4 is 28.6 Å². The zero-order valence-electron chi connectivity index (χ0n) is 14.5. The van der Waals surface area contributed by atoms with Gasteiger partial charge in [-0.1, -0.05) is 24.3 Å². The fourth-order valence-electron chi connectivity index (χ4n) is 2.91. The molecular formula is C20H19N3O3. The summed E-state index contributed by atoms with van der Waals surface area (Å²) in [6, 6.07) is 12.2. The molecule has 0 aliphatic heterocycles. The van der Waals surface area contributed by atoms with Gasteiger partial charge in [-0.25, -0.2) is 14.6 Å². The monoisotopic (exact) mass is 349 g/mol. The highest BCUT2D eigenvalue weighted by Crippen LogP contribution is 2.30. The van der Waals surface area contributed by atoms with E-state index < -0.39 is 5.97 Å². The molecule has 3 N–H and O–H groups in total. The Morgan fingerprint density at radius 2 is 1.92 bits per heavy atom. The van der Waals surface area contributed by atoms with Gasteiger partial charge < -0.3 is 10.4 Å². The largest absolute Gasteiger partial charge is 0.478 e. The summed E-state index contributed by atoms with van der Waals surface area (Å²) in [5, 5.41) is 16.6. The Morgan fingerprint density at radius 3 is 2.65 bits per heavy atom. The van der Waals surface area contributed by atoms with Gasteiger partial charge in [0.15, 0.2) is 0 Å². The quantitative estimate of drug-likeness (QED) is 0.663. The van der Waals surface area contributed by atoms with Gasteiger partial charge in [-0.15, -0.1) is 0 Å². The summed E-state index contributed by atoms with van der Waals surface area (Å²) in [7, 11) is 0. The lowest BCUT2D eigenvalue weighted by Crippen LogP contribution is -2.28. The molecule has 132 valence electrons. The van der Waals surface area contributed by atoms with E-state index in [0.717, 1.165) is 21.9 Å². The number of nitrogens with zero attached hydrogens (tertiary/aromatic N) is 1. The standard InChI is InChI=1S/C20H19N3O3/c1-3-21-20(26)23-18-10-14-9-13(8-12(2)17(14)11-22-18)15-6-4-5-7-16(15)19(24)25/h4-11H,3H2,1-2H3,(H,24,25)(H2,21,22,23,26). The SMILES string of the molecule is CCNC(=O)Nc1cc2cc(-c3ccccc3C(=O)O)cc(C)c2cn1. The van der Waals surface area contributed by atoms with Crippen molar-refractivity contribution in [1.82, 2.24) is 10.3 Å². The van der Waals surface area contributed by atoms with Gasteiger partial charge in [0.05, 0.1) is 5.56 Å². The minimum Gasteiger partial charge on any atom is -0.478 e. The summed E-state index contributed by atoms with van der Waals surface area (Å²) in [5.41, 5.74) is 2.69. The predicted molar refractivity (Wildman–Crippen MR) is 102 cm³/mol. The first-order valence-electron chi connectivity index (χ1n) is 8.27. The molecule has 6 heteroatoms. The third-order valence-electron chi connectivity index (χ3n) is 4.09. The number of benzene rings is 2. The third kappa shape index (κ3) is 3.49. The number of carbonyl (C=O) groups excluding carboxylic acids is 1. The number of amides is 2. The van der Waals surface area contributed by atoms with Crippen molar-refractivity contribution in [3.05, 3.63) is 59.8 Å². The molecule has 1 heterocycles. The fraction of sp³-hybridized carbons (Fsp3) is 0.150. The molecule has 0 bridgehead atoms. The van der Waals surface area contributed by atoms with E-state index in [1.807, 2.05) is 32.0 Å². The van der Waals surface area contributed by atoms with Gasteiger partial charge in [-0.2, -0.15) is 0 Å². The number of pyridine rings is 1. The molecule has 0 spiro atoms. The topological polar surface area (TPSA) is 91.3 Å². The number of carbonyl (C=O) groups is 2. The number of anilines is 1. The summed E-state index contributed by atoms with van der Waals surface area (Å²) < 4.78 is 0. The lowest BCUT2D eigenvalue weighted by molar-refractivity contribution is 0.0697. The number of nitrogens with one attached hydrogen (secondary N) is 2. The second-order valence-electron chi connectivity index (χ2n) is 5.92. The number of urea groups is 1. The summed E-state index contributed by atoms with van der Waals surface area (Å²) >= 11 is 0. The zero-order chi connectivity index (χ0) is 18.7. The first-order valence-corrected chi connectivity index (χ1v) is 8.27. The summed E-state index contributed by atoms with van der Waals surface area (Å²) in [5.74, 6) is -0.529. The van der Waals surface area contributed by atoms with Crippen LogP contribution < -0.4 is 10.6 Å². The van der Waals surface area contributed by atoms with E-state index in [0.29, 0.717) is 17.9 Å². The van der Waals surface area contributed by atoms with Crippen molar-refractivity contribution in [1.29, 1.82) is 0 Å². The molecule has 3 rings (SSSR count). The Labute approximate surface area is 150 Å². The molecule has 0 aliphatic carbocycles. The highest BCUT2D eigenvalue weighted by Gasteiger charge is 2.13. The molecule has 3 aromatic rings. The lowest BCUT2D eigenvalue weighted by Gasteiger charge is -2.11. The van der Waals surface area contributed by atoms with Gasteiger partial charge in [0.1, 0.15) is 5.82 Å². The normalized spacial score (nSPS) is 10.5. The Morgan fingerprint density at radius 1 is 1.15 bits per heavy atom. The van der Waals surface area contributed by atoms with E-state index in [1.165, 1.54) is 0 Å². The fourth-order valence-corrected chi connectivity index (χ4v) is 2.91. The van der Waals surface area contributed by atoms with Crippen LogP contribution in [0.2, 0.25) is 0 Å². The number of rotatable bonds is 4. The third-order valence-corrected chi connectivity index (χ3v) is 4.09. The molecule has 0 fully saturated rings. The van der Waals surface area contributed by atoms with E-state index in [1.54, 1.807) is 30.5 Å². The Bertz CT molecular complexity index is 999. The lowest BCUT2D eigenvalue weighted by atomic mass is 9.95. The van der Waals surface area contributed by atoms with Crippen molar-refractivity contribution in [2.24, 2.45) is 0 Å². The maximum Gasteiger partial charge on any atom is 0.336 e. The molecule has 0 unspecified atom stereocenters. The first-order chi connectivity index (χ1) is 12.5. The highest BCUT2D eigenvalue weighted by atomic mass is 16.4. The van der Waals surface area contributed by atoms with Gasteiger partial charge in [0.25, 0.3) is 0 Å². The van der Waals surface area contributed by atoms with Gasteiger partial charge in [-0.05, 0) is 54.1 Å². The first kappa shape index (κ1) is 17.4. The van der Waals surface area contributed by atoms with Crippen LogP contribution in [0.4, 0.5) is 10.6 Å². The van der Waals surface area contributed by atoms with Crippen LogP contribution in [0.3, 0.4) is 0 Å². The number of fused-ring (bicyclic) bond motifs is 1. The summed E-state index contributed by atoms with van der Waals surface area (Å²) in [4.78, 5) is 27.5. The van der Waals surface area contributed by atoms with Gasteiger partial charge in [0, 0.05) is 18.1 Å². The number of aryl methyl sites for hydroxylation is 1. The van der Waals surface area contributed by atoms with Gasteiger partial charge >= 0.3 is 12.0 Å². The second kappa shape index (κ2) is 7.23. The average Bonchev–Trinajstić information content (AvgIpc) is 2.61. The molecule has 2 aromatic carbocycles. The number of aromatic nitrogens is 1. The highest BCUT2D eigenvalue weighted by molar-refractivity contribution is 5.99. The van der Waals surface area contributed by atoms with Crippen molar-refractivity contribution < 1.29 is 14.7 Å². The Balaban J connectivity index is 2.09. The summed E-state index contributed by atoms with van der Waals surface area (Å²) in [6.07, 6.45) is 1.71. The molecular weight excluding hydrogens is 330 g/mol. The minimum atomic E-state index is -0.966. The van der Waals surface area contributed by atoms with Crippen LogP contribution in [0, 0.1) is 6.92 Å². The molecule has 0 saturated heterocycles. The van der Waals surface area contributed by atoms with Crippen LogP contribution >= 0.6 is 0 Å². The molecule has 0 radical (unpaired) electrons. The van der Waals surface area contributed by atoms with Crippen LogP contribution in [-0.2, 0) is 0 Å². The van der Waals surface area contributed by atoms with Crippen molar-refractivity contribution in [2.45, 2.75) is 13.8 Å². The number of carboxylic acids is 1. The van der Waals surface area contributed by atoms with Gasteiger partial charge in [-0.3, -0.25) is 5.32 Å². The molecule has 0 aliphatic rings. The molecule has 26 heavy (non-hydrogen) atoms. The number of hydrogen-bond donors (Lipinski definition) is 3.